The van der Waals surface area contributed by atoms with Gasteiger partial charge >= 0.3 is 0 Å². The first kappa shape index (κ1) is 15.1. The third-order valence-electron chi connectivity index (χ3n) is 2.82. The number of hydrogen-bond acceptors (Lipinski definition) is 3. The zero-order valence-corrected chi connectivity index (χ0v) is 13.8. The van der Waals surface area contributed by atoms with Crippen molar-refractivity contribution in [3.8, 4) is 0 Å². The fourth-order valence-electron chi connectivity index (χ4n) is 1.68. The lowest BCUT2D eigenvalue weighted by molar-refractivity contribution is -0.118. The summed E-state index contributed by atoms with van der Waals surface area (Å²) in [5.74, 6) is 1.17. The molecule has 0 saturated carbocycles. The van der Waals surface area contributed by atoms with Gasteiger partial charge in [0.2, 0.25) is 5.91 Å². The molecule has 1 heterocycles. The second kappa shape index (κ2) is 6.95. The van der Waals surface area contributed by atoms with Gasteiger partial charge in [-0.3, -0.25) is 4.79 Å². The number of amides is 1. The van der Waals surface area contributed by atoms with Crippen LogP contribution in [-0.2, 0) is 11.3 Å². The van der Waals surface area contributed by atoms with E-state index >= 15 is 0 Å². The van der Waals surface area contributed by atoms with Crippen LogP contribution in [0.2, 0.25) is 0 Å². The Bertz CT molecular complexity index is 599. The summed E-state index contributed by atoms with van der Waals surface area (Å²) in [6.07, 6.45) is 3.41. The number of hydrogen-bond donors (Lipinski definition) is 2. The third-order valence-corrected chi connectivity index (χ3v) is 4.83. The van der Waals surface area contributed by atoms with Crippen molar-refractivity contribution in [1.29, 1.82) is 0 Å². The number of benzene rings is 1. The molecule has 0 aliphatic carbocycles. The largest absolute Gasteiger partial charge is 0.348 e. The smallest absolute Gasteiger partial charge is 0.230 e. The number of aryl methyl sites for hydroxylation is 2. The van der Waals surface area contributed by atoms with E-state index in [-0.39, 0.29) is 5.91 Å². The molecule has 0 atom stereocenters. The molecular weight excluding hydrogens is 338 g/mol. The van der Waals surface area contributed by atoms with Gasteiger partial charge in [0, 0.05) is 21.8 Å². The van der Waals surface area contributed by atoms with Gasteiger partial charge in [0.05, 0.1) is 12.3 Å². The minimum absolute atomic E-state index is 0.00590. The lowest BCUT2D eigenvalue weighted by atomic mass is 10.2. The van der Waals surface area contributed by atoms with Gasteiger partial charge in [0.15, 0.2) is 0 Å². The molecule has 0 unspecified atom stereocenters. The van der Waals surface area contributed by atoms with E-state index in [4.69, 9.17) is 0 Å². The molecule has 0 aliphatic heterocycles. The first-order chi connectivity index (χ1) is 9.56. The van der Waals surface area contributed by atoms with E-state index in [1.807, 2.05) is 13.8 Å². The van der Waals surface area contributed by atoms with Crippen LogP contribution in [0.25, 0.3) is 0 Å². The molecule has 1 amide bonds. The summed E-state index contributed by atoms with van der Waals surface area (Å²) in [5.41, 5.74) is 2.35. The monoisotopic (exact) mass is 353 g/mol. The van der Waals surface area contributed by atoms with Gasteiger partial charge in [-0.1, -0.05) is 15.9 Å². The molecule has 0 spiro atoms. The minimum Gasteiger partial charge on any atom is -0.348 e. The van der Waals surface area contributed by atoms with Crippen molar-refractivity contribution in [3.05, 3.63) is 46.0 Å². The Hall–Kier alpha value is -1.27. The number of halogens is 1. The second-order valence-corrected chi connectivity index (χ2v) is 6.34. The Balaban J connectivity index is 1.85. The van der Waals surface area contributed by atoms with Crippen LogP contribution in [0.15, 0.2) is 33.9 Å². The van der Waals surface area contributed by atoms with Gasteiger partial charge in [-0.15, -0.1) is 11.8 Å². The summed E-state index contributed by atoms with van der Waals surface area (Å²) < 4.78 is 1.10. The van der Waals surface area contributed by atoms with Crippen LogP contribution in [0.4, 0.5) is 0 Å². The van der Waals surface area contributed by atoms with E-state index in [1.165, 1.54) is 11.1 Å². The van der Waals surface area contributed by atoms with Crippen molar-refractivity contribution < 1.29 is 4.79 Å². The summed E-state index contributed by atoms with van der Waals surface area (Å²) in [6, 6.07) is 4.18. The van der Waals surface area contributed by atoms with E-state index in [9.17, 15) is 4.79 Å². The van der Waals surface area contributed by atoms with E-state index in [0.29, 0.717) is 12.3 Å². The van der Waals surface area contributed by atoms with Gasteiger partial charge in [0.1, 0.15) is 5.82 Å². The number of rotatable bonds is 5. The molecule has 2 N–H and O–H groups in total. The molecular formula is C14H16BrN3OS. The van der Waals surface area contributed by atoms with Crippen molar-refractivity contribution in [2.45, 2.75) is 25.3 Å². The van der Waals surface area contributed by atoms with Crippen LogP contribution in [0, 0.1) is 13.8 Å². The molecule has 4 nitrogen and oxygen atoms in total. The molecule has 1 aromatic carbocycles. The molecule has 106 valence electrons. The SMILES string of the molecule is Cc1cc(SCC(=O)NCc2ncc[nH]2)c(C)cc1Br. The number of imidazole rings is 1. The fraction of sp³-hybridized carbons (Fsp3) is 0.286. The number of aromatic amines is 1. The summed E-state index contributed by atoms with van der Waals surface area (Å²) in [6.45, 7) is 4.53. The number of nitrogens with one attached hydrogen (secondary N) is 2. The van der Waals surface area contributed by atoms with E-state index in [2.05, 4.69) is 43.3 Å². The predicted molar refractivity (Wildman–Crippen MR) is 84.8 cm³/mol. The number of H-pyrrole nitrogens is 1. The molecule has 2 aromatic rings. The zero-order chi connectivity index (χ0) is 14.5. The molecule has 20 heavy (non-hydrogen) atoms. The van der Waals surface area contributed by atoms with E-state index < -0.39 is 0 Å². The Morgan fingerprint density at radius 3 is 2.90 bits per heavy atom. The van der Waals surface area contributed by atoms with Crippen molar-refractivity contribution in [3.63, 3.8) is 0 Å². The molecule has 0 saturated heterocycles. The first-order valence-electron chi connectivity index (χ1n) is 6.21. The van der Waals surface area contributed by atoms with Gasteiger partial charge in [0.25, 0.3) is 0 Å². The number of thioether (sulfide) groups is 1. The molecule has 0 aliphatic rings. The van der Waals surface area contributed by atoms with Crippen molar-refractivity contribution in [2.24, 2.45) is 0 Å². The highest BCUT2D eigenvalue weighted by Crippen LogP contribution is 2.28. The van der Waals surface area contributed by atoms with Crippen molar-refractivity contribution in [2.75, 3.05) is 5.75 Å². The summed E-state index contributed by atoms with van der Waals surface area (Å²) in [7, 11) is 0. The number of carbonyl (C=O) groups is 1. The number of nitrogens with zero attached hydrogens (tertiary/aromatic N) is 1. The van der Waals surface area contributed by atoms with Crippen LogP contribution in [0.5, 0.6) is 0 Å². The predicted octanol–water partition coefficient (Wildman–Crippen LogP) is 3.20. The highest BCUT2D eigenvalue weighted by molar-refractivity contribution is 9.10. The Morgan fingerprint density at radius 1 is 1.40 bits per heavy atom. The average Bonchev–Trinajstić information content (AvgIpc) is 2.92. The maximum Gasteiger partial charge on any atom is 0.230 e. The summed E-state index contributed by atoms with van der Waals surface area (Å²) >= 11 is 5.06. The Labute approximate surface area is 130 Å². The van der Waals surface area contributed by atoms with Crippen LogP contribution in [0.3, 0.4) is 0 Å². The number of carbonyl (C=O) groups excluding carboxylic acids is 1. The first-order valence-corrected chi connectivity index (χ1v) is 7.98. The maximum atomic E-state index is 11.8. The topological polar surface area (TPSA) is 57.8 Å². The summed E-state index contributed by atoms with van der Waals surface area (Å²) in [5, 5.41) is 2.84. The molecule has 2 rings (SSSR count). The molecule has 1 aromatic heterocycles. The standard InChI is InChI=1S/C14H16BrN3OS/c1-9-6-12(10(2)5-11(9)15)20-8-14(19)18-7-13-16-3-4-17-13/h3-6H,7-8H2,1-2H3,(H,16,17)(H,18,19). The van der Waals surface area contributed by atoms with Crippen LogP contribution in [-0.4, -0.2) is 21.6 Å². The van der Waals surface area contributed by atoms with E-state index in [1.54, 1.807) is 24.2 Å². The lowest BCUT2D eigenvalue weighted by Crippen LogP contribution is -2.25. The quantitative estimate of drug-likeness (QED) is 0.811. The Morgan fingerprint density at radius 2 is 2.20 bits per heavy atom. The van der Waals surface area contributed by atoms with Crippen molar-refractivity contribution in [1.82, 2.24) is 15.3 Å². The van der Waals surface area contributed by atoms with Crippen LogP contribution < -0.4 is 5.32 Å². The Kier molecular flexibility index (Phi) is 5.25. The fourth-order valence-corrected chi connectivity index (χ4v) is 3.07. The highest BCUT2D eigenvalue weighted by atomic mass is 79.9. The minimum atomic E-state index is 0.00590. The second-order valence-electron chi connectivity index (χ2n) is 4.47. The highest BCUT2D eigenvalue weighted by Gasteiger charge is 2.07. The van der Waals surface area contributed by atoms with Gasteiger partial charge in [-0.05, 0) is 37.1 Å². The van der Waals surface area contributed by atoms with Gasteiger partial charge in [-0.2, -0.15) is 0 Å². The average molecular weight is 354 g/mol. The van der Waals surface area contributed by atoms with Crippen LogP contribution in [0.1, 0.15) is 17.0 Å². The maximum absolute atomic E-state index is 11.8. The zero-order valence-electron chi connectivity index (χ0n) is 11.4. The van der Waals surface area contributed by atoms with Gasteiger partial charge < -0.3 is 10.3 Å². The lowest BCUT2D eigenvalue weighted by Gasteiger charge is -2.08. The van der Waals surface area contributed by atoms with Gasteiger partial charge in [-0.25, -0.2) is 4.98 Å². The summed E-state index contributed by atoms with van der Waals surface area (Å²) in [4.78, 5) is 19.9. The van der Waals surface area contributed by atoms with E-state index in [0.717, 1.165) is 15.2 Å². The number of aromatic nitrogens is 2. The third kappa shape index (κ3) is 4.11. The molecule has 0 bridgehead atoms. The van der Waals surface area contributed by atoms with Crippen molar-refractivity contribution >= 4 is 33.6 Å². The van der Waals surface area contributed by atoms with Crippen LogP contribution >= 0.6 is 27.7 Å². The molecule has 0 radical (unpaired) electrons. The normalized spacial score (nSPS) is 10.6. The molecule has 0 fully saturated rings. The molecule has 6 heteroatoms.